The highest BCUT2D eigenvalue weighted by molar-refractivity contribution is 6.42. The standard InChI is InChI=1S/C22H20Cl2N4O5/c1-27(17(29)12-33-18(30)10-14-7-8-15(23)16(24)9-14)19-20(25)28(22(32)26-21(19)31)11-13-5-3-2-4-6-13/h2-9H,10-12,25H2,1H3,(H,26,31,32). The van der Waals surface area contributed by atoms with Crippen molar-refractivity contribution in [2.45, 2.75) is 13.0 Å². The van der Waals surface area contributed by atoms with Crippen LogP contribution in [0.15, 0.2) is 58.1 Å². The lowest BCUT2D eigenvalue weighted by molar-refractivity contribution is -0.147. The van der Waals surface area contributed by atoms with E-state index in [1.54, 1.807) is 36.4 Å². The van der Waals surface area contributed by atoms with Gasteiger partial charge < -0.3 is 15.4 Å². The maximum absolute atomic E-state index is 12.6. The van der Waals surface area contributed by atoms with Crippen LogP contribution in [0.1, 0.15) is 11.1 Å². The number of nitrogens with two attached hydrogens (primary N) is 1. The van der Waals surface area contributed by atoms with Gasteiger partial charge in [-0.25, -0.2) is 4.79 Å². The number of likely N-dealkylation sites (N-methyl/N-ethyl adjacent to an activating group) is 1. The van der Waals surface area contributed by atoms with Crippen molar-refractivity contribution in [3.63, 3.8) is 0 Å². The maximum atomic E-state index is 12.6. The first-order valence-corrected chi connectivity index (χ1v) is 10.5. The van der Waals surface area contributed by atoms with Crippen molar-refractivity contribution >= 4 is 46.6 Å². The van der Waals surface area contributed by atoms with Crippen LogP contribution in [0.4, 0.5) is 11.5 Å². The Morgan fingerprint density at radius 1 is 1.06 bits per heavy atom. The Bertz CT molecular complexity index is 1300. The van der Waals surface area contributed by atoms with Gasteiger partial charge in [0.15, 0.2) is 12.3 Å². The van der Waals surface area contributed by atoms with Crippen molar-refractivity contribution in [3.05, 3.63) is 90.5 Å². The molecule has 11 heteroatoms. The minimum Gasteiger partial charge on any atom is -0.455 e. The summed E-state index contributed by atoms with van der Waals surface area (Å²) in [7, 11) is 1.30. The molecule has 0 saturated carbocycles. The van der Waals surface area contributed by atoms with Crippen molar-refractivity contribution in [2.24, 2.45) is 0 Å². The number of aromatic amines is 1. The highest BCUT2D eigenvalue weighted by Gasteiger charge is 2.22. The number of aromatic nitrogens is 2. The van der Waals surface area contributed by atoms with Crippen molar-refractivity contribution in [1.29, 1.82) is 0 Å². The number of ether oxygens (including phenoxy) is 1. The highest BCUT2D eigenvalue weighted by atomic mass is 35.5. The minimum absolute atomic E-state index is 0.0932. The topological polar surface area (TPSA) is 127 Å². The molecule has 0 spiro atoms. The number of anilines is 2. The molecule has 0 unspecified atom stereocenters. The summed E-state index contributed by atoms with van der Waals surface area (Å²) in [6.07, 6.45) is -0.126. The zero-order chi connectivity index (χ0) is 24.1. The molecule has 172 valence electrons. The van der Waals surface area contributed by atoms with Crippen molar-refractivity contribution in [3.8, 4) is 0 Å². The van der Waals surface area contributed by atoms with E-state index in [0.717, 1.165) is 15.0 Å². The van der Waals surface area contributed by atoms with E-state index in [4.69, 9.17) is 33.7 Å². The van der Waals surface area contributed by atoms with Gasteiger partial charge in [0.2, 0.25) is 0 Å². The van der Waals surface area contributed by atoms with E-state index >= 15 is 0 Å². The van der Waals surface area contributed by atoms with Crippen LogP contribution in [0, 0.1) is 0 Å². The van der Waals surface area contributed by atoms with Crippen molar-refractivity contribution in [1.82, 2.24) is 9.55 Å². The molecule has 0 aliphatic rings. The average molecular weight is 491 g/mol. The van der Waals surface area contributed by atoms with E-state index in [2.05, 4.69) is 4.98 Å². The first kappa shape index (κ1) is 24.1. The van der Waals surface area contributed by atoms with Crippen molar-refractivity contribution < 1.29 is 14.3 Å². The second-order valence-electron chi connectivity index (χ2n) is 7.10. The van der Waals surface area contributed by atoms with E-state index in [1.165, 1.54) is 13.1 Å². The smallest absolute Gasteiger partial charge is 0.330 e. The number of benzene rings is 2. The van der Waals surface area contributed by atoms with Gasteiger partial charge in [-0.2, -0.15) is 0 Å². The van der Waals surface area contributed by atoms with Gasteiger partial charge in [0, 0.05) is 7.05 Å². The summed E-state index contributed by atoms with van der Waals surface area (Å²) in [4.78, 5) is 52.4. The summed E-state index contributed by atoms with van der Waals surface area (Å²) >= 11 is 11.8. The molecule has 0 bridgehead atoms. The number of H-pyrrole nitrogens is 1. The molecule has 1 amide bonds. The number of nitrogens with zero attached hydrogens (tertiary/aromatic N) is 2. The number of rotatable bonds is 7. The van der Waals surface area contributed by atoms with E-state index in [9.17, 15) is 19.2 Å². The Kier molecular flexibility index (Phi) is 7.57. The number of halogens is 2. The van der Waals surface area contributed by atoms with Gasteiger partial charge in [-0.1, -0.05) is 59.6 Å². The molecular weight excluding hydrogens is 471 g/mol. The Morgan fingerprint density at radius 2 is 1.76 bits per heavy atom. The molecule has 0 atom stereocenters. The summed E-state index contributed by atoms with van der Waals surface area (Å²) in [5, 5.41) is 0.639. The molecule has 0 radical (unpaired) electrons. The van der Waals surface area contributed by atoms with Crippen LogP contribution in [0.5, 0.6) is 0 Å². The molecule has 3 aromatic rings. The average Bonchev–Trinajstić information content (AvgIpc) is 2.78. The Labute approximate surface area is 198 Å². The zero-order valence-corrected chi connectivity index (χ0v) is 19.0. The molecule has 9 nitrogen and oxygen atoms in total. The predicted octanol–water partition coefficient (Wildman–Crippen LogP) is 2.22. The Balaban J connectivity index is 1.72. The van der Waals surface area contributed by atoms with Crippen LogP contribution < -0.4 is 21.9 Å². The van der Waals surface area contributed by atoms with Crippen LogP contribution in [-0.4, -0.2) is 35.1 Å². The van der Waals surface area contributed by atoms with E-state index in [0.29, 0.717) is 10.6 Å². The van der Waals surface area contributed by atoms with Gasteiger partial charge in [-0.05, 0) is 23.3 Å². The number of hydrogen-bond donors (Lipinski definition) is 2. The number of amides is 1. The van der Waals surface area contributed by atoms with E-state index in [1.807, 2.05) is 6.07 Å². The summed E-state index contributed by atoms with van der Waals surface area (Å²) < 4.78 is 6.17. The van der Waals surface area contributed by atoms with Gasteiger partial charge in [-0.3, -0.25) is 23.9 Å². The number of nitrogens with one attached hydrogen (secondary N) is 1. The fourth-order valence-electron chi connectivity index (χ4n) is 3.06. The van der Waals surface area contributed by atoms with Gasteiger partial charge in [0.25, 0.3) is 11.5 Å². The largest absolute Gasteiger partial charge is 0.455 e. The first-order chi connectivity index (χ1) is 15.7. The third-order valence-electron chi connectivity index (χ3n) is 4.80. The molecule has 2 aromatic carbocycles. The molecule has 0 aliphatic carbocycles. The van der Waals surface area contributed by atoms with Crippen LogP contribution in [-0.2, 0) is 27.3 Å². The second kappa shape index (κ2) is 10.4. The van der Waals surface area contributed by atoms with Crippen LogP contribution in [0.2, 0.25) is 10.0 Å². The lowest BCUT2D eigenvalue weighted by atomic mass is 10.1. The van der Waals surface area contributed by atoms with Gasteiger partial charge in [0.1, 0.15) is 5.82 Å². The Hall–Kier alpha value is -3.56. The van der Waals surface area contributed by atoms with Crippen molar-refractivity contribution in [2.75, 3.05) is 24.3 Å². The second-order valence-corrected chi connectivity index (χ2v) is 7.92. The number of carbonyl (C=O) groups is 2. The molecule has 1 aromatic heterocycles. The van der Waals surface area contributed by atoms with E-state index < -0.39 is 29.7 Å². The van der Waals surface area contributed by atoms with Crippen LogP contribution >= 0.6 is 23.2 Å². The maximum Gasteiger partial charge on any atom is 0.330 e. The molecule has 3 N–H and O–H groups in total. The lowest BCUT2D eigenvalue weighted by Crippen LogP contribution is -2.40. The molecule has 0 saturated heterocycles. The lowest BCUT2D eigenvalue weighted by Gasteiger charge is -2.20. The van der Waals surface area contributed by atoms with Crippen LogP contribution in [0.25, 0.3) is 0 Å². The molecular formula is C22H20Cl2N4O5. The number of esters is 1. The van der Waals surface area contributed by atoms with Gasteiger partial charge in [-0.15, -0.1) is 0 Å². The monoisotopic (exact) mass is 490 g/mol. The highest BCUT2D eigenvalue weighted by Crippen LogP contribution is 2.23. The number of hydrogen-bond acceptors (Lipinski definition) is 6. The SMILES string of the molecule is CN(C(=O)COC(=O)Cc1ccc(Cl)c(Cl)c1)c1c(N)n(Cc2ccccc2)c(=O)[nH]c1=O. The zero-order valence-electron chi connectivity index (χ0n) is 17.5. The molecule has 3 rings (SSSR count). The quantitative estimate of drug-likeness (QED) is 0.488. The summed E-state index contributed by atoms with van der Waals surface area (Å²) in [5.41, 5.74) is 5.64. The Morgan fingerprint density at radius 3 is 2.42 bits per heavy atom. The third kappa shape index (κ3) is 5.82. The molecule has 0 fully saturated rings. The normalized spacial score (nSPS) is 10.6. The fourth-order valence-corrected chi connectivity index (χ4v) is 3.38. The summed E-state index contributed by atoms with van der Waals surface area (Å²) in [5.74, 6) is -1.57. The fraction of sp³-hybridized carbons (Fsp3) is 0.182. The number of nitrogen functional groups attached to an aromatic ring is 1. The summed E-state index contributed by atoms with van der Waals surface area (Å²) in [6.45, 7) is -0.538. The molecule has 1 heterocycles. The third-order valence-corrected chi connectivity index (χ3v) is 5.54. The minimum atomic E-state index is -0.834. The van der Waals surface area contributed by atoms with Crippen LogP contribution in [0.3, 0.4) is 0 Å². The predicted molar refractivity (Wildman–Crippen MR) is 126 cm³/mol. The summed E-state index contributed by atoms with van der Waals surface area (Å²) in [6, 6.07) is 13.7. The van der Waals surface area contributed by atoms with Gasteiger partial charge >= 0.3 is 11.7 Å². The molecule has 0 aliphatic heterocycles. The number of carbonyl (C=O) groups excluding carboxylic acids is 2. The van der Waals surface area contributed by atoms with Gasteiger partial charge in [0.05, 0.1) is 23.0 Å². The van der Waals surface area contributed by atoms with E-state index in [-0.39, 0.29) is 29.5 Å². The molecule has 33 heavy (non-hydrogen) atoms. The first-order valence-electron chi connectivity index (χ1n) is 9.70.